The second-order valence-electron chi connectivity index (χ2n) is 3.73. The predicted octanol–water partition coefficient (Wildman–Crippen LogP) is 2.06. The third-order valence-corrected chi connectivity index (χ3v) is 3.62. The summed E-state index contributed by atoms with van der Waals surface area (Å²) >= 11 is 0. The number of hydrogen-bond donors (Lipinski definition) is 1. The van der Waals surface area contributed by atoms with E-state index in [-0.39, 0.29) is 4.90 Å². The Morgan fingerprint density at radius 1 is 1.11 bits per heavy atom. The molecule has 1 aromatic carbocycles. The minimum atomic E-state index is -3.82. The molecular weight excluding hydrogens is 264 g/mol. The smallest absolute Gasteiger partial charge is 0.298 e. The molecule has 2 aromatic rings. The molecule has 2 rings (SSSR count). The maximum absolute atomic E-state index is 11.9. The highest BCUT2D eigenvalue weighted by Crippen LogP contribution is 2.14. The van der Waals surface area contributed by atoms with Crippen LogP contribution in [-0.2, 0) is 14.3 Å². The second-order valence-corrected chi connectivity index (χ2v) is 5.30. The Kier molecular flexibility index (Phi) is 4.13. The van der Waals surface area contributed by atoms with E-state index in [1.165, 1.54) is 12.1 Å². The van der Waals surface area contributed by atoms with Crippen molar-refractivity contribution in [2.45, 2.75) is 11.1 Å². The van der Waals surface area contributed by atoms with E-state index < -0.39 is 16.3 Å². The number of hydrogen-bond acceptors (Lipinski definition) is 5. The van der Waals surface area contributed by atoms with Crippen molar-refractivity contribution in [3.63, 3.8) is 0 Å². The summed E-state index contributed by atoms with van der Waals surface area (Å²) < 4.78 is 28.8. The van der Waals surface area contributed by atoms with Gasteiger partial charge in [0, 0.05) is 18.1 Å². The number of benzene rings is 1. The highest BCUT2D eigenvalue weighted by atomic mass is 32.2. The van der Waals surface area contributed by atoms with Gasteiger partial charge in [0.25, 0.3) is 10.1 Å². The lowest BCUT2D eigenvalue weighted by atomic mass is 10.4. The third kappa shape index (κ3) is 3.77. The van der Waals surface area contributed by atoms with E-state index >= 15 is 0 Å². The molecule has 5 nitrogen and oxygen atoms in total. The summed E-state index contributed by atoms with van der Waals surface area (Å²) in [5, 5.41) is 2.82. The molecule has 1 heterocycles. The monoisotopic (exact) mass is 277 g/mol. The Balaban J connectivity index is 2.05. The van der Waals surface area contributed by atoms with E-state index in [2.05, 4.69) is 17.2 Å². The lowest BCUT2D eigenvalue weighted by Crippen LogP contribution is -2.23. The summed E-state index contributed by atoms with van der Waals surface area (Å²) in [7, 11) is -3.82. The van der Waals surface area contributed by atoms with Crippen LogP contribution in [0.1, 0.15) is 0 Å². The van der Waals surface area contributed by atoms with E-state index in [4.69, 9.17) is 4.18 Å². The maximum atomic E-state index is 11.9. The van der Waals surface area contributed by atoms with Crippen LogP contribution in [0.4, 0.5) is 5.69 Å². The number of nitrogens with zero attached hydrogens (tertiary/aromatic N) is 1. The highest BCUT2D eigenvalue weighted by molar-refractivity contribution is 7.86. The Bertz CT molecular complexity index is 615. The summed E-state index contributed by atoms with van der Waals surface area (Å²) in [4.78, 5) is 3.95. The van der Waals surface area contributed by atoms with Gasteiger partial charge in [0.1, 0.15) is 6.23 Å². The molecule has 1 N–H and O–H groups in total. The van der Waals surface area contributed by atoms with Gasteiger partial charge in [0.05, 0.1) is 4.90 Å². The van der Waals surface area contributed by atoms with Gasteiger partial charge in [-0.25, -0.2) is 4.18 Å². The zero-order valence-corrected chi connectivity index (χ0v) is 10.9. The molecule has 0 fully saturated rings. The number of anilines is 1. The van der Waals surface area contributed by atoms with Gasteiger partial charge in [-0.1, -0.05) is 18.2 Å². The Hall–Kier alpha value is -1.92. The summed E-state index contributed by atoms with van der Waals surface area (Å²) in [6.45, 7) is 3.61. The fraction of sp³-hybridized carbons (Fsp3) is 0.0769. The molecule has 0 saturated heterocycles. The van der Waals surface area contributed by atoms with E-state index in [0.717, 1.165) is 0 Å². The first-order valence-corrected chi connectivity index (χ1v) is 6.97. The van der Waals surface area contributed by atoms with E-state index in [1.807, 2.05) is 0 Å². The van der Waals surface area contributed by atoms with Gasteiger partial charge in [-0.15, -0.1) is 0 Å². The molecule has 0 spiro atoms. The van der Waals surface area contributed by atoms with Crippen LogP contribution in [-0.4, -0.2) is 19.6 Å². The first-order valence-electron chi connectivity index (χ1n) is 5.56. The van der Waals surface area contributed by atoms with Gasteiger partial charge in [-0.2, -0.15) is 8.42 Å². The Labute approximate surface area is 112 Å². The van der Waals surface area contributed by atoms with Crippen LogP contribution in [0, 0.1) is 6.92 Å². The molecule has 0 aliphatic rings. The first kappa shape index (κ1) is 13.5. The van der Waals surface area contributed by atoms with Crippen molar-refractivity contribution in [2.75, 3.05) is 5.32 Å². The van der Waals surface area contributed by atoms with Crippen LogP contribution in [0.15, 0.2) is 59.8 Å². The molecular formula is C13H13N2O3S. The molecule has 0 aliphatic carbocycles. The van der Waals surface area contributed by atoms with Crippen molar-refractivity contribution in [1.29, 1.82) is 0 Å². The highest BCUT2D eigenvalue weighted by Gasteiger charge is 2.18. The molecule has 19 heavy (non-hydrogen) atoms. The van der Waals surface area contributed by atoms with Crippen molar-refractivity contribution in [2.24, 2.45) is 0 Å². The van der Waals surface area contributed by atoms with Crippen LogP contribution in [0.5, 0.6) is 0 Å². The number of rotatable bonds is 5. The fourth-order valence-electron chi connectivity index (χ4n) is 1.45. The maximum Gasteiger partial charge on any atom is 0.298 e. The van der Waals surface area contributed by atoms with E-state index in [1.54, 1.807) is 42.7 Å². The van der Waals surface area contributed by atoms with Crippen molar-refractivity contribution in [3.05, 3.63) is 61.8 Å². The minimum absolute atomic E-state index is 0.0974. The van der Waals surface area contributed by atoms with Crippen molar-refractivity contribution in [3.8, 4) is 0 Å². The minimum Gasteiger partial charge on any atom is -0.359 e. The topological polar surface area (TPSA) is 68.3 Å². The van der Waals surface area contributed by atoms with Gasteiger partial charge in [0.15, 0.2) is 0 Å². The Morgan fingerprint density at radius 3 is 2.37 bits per heavy atom. The molecule has 6 heteroatoms. The normalized spacial score (nSPS) is 12.9. The molecule has 0 saturated carbocycles. The summed E-state index contributed by atoms with van der Waals surface area (Å²) in [6, 6.07) is 11.3. The predicted molar refractivity (Wildman–Crippen MR) is 71.7 cm³/mol. The molecule has 1 atom stereocenters. The zero-order chi connectivity index (χ0) is 13.7. The van der Waals surface area contributed by atoms with Crippen molar-refractivity contribution < 1.29 is 12.6 Å². The van der Waals surface area contributed by atoms with Crippen molar-refractivity contribution >= 4 is 15.8 Å². The first-order chi connectivity index (χ1) is 9.08. The standard InChI is InChI=1S/C13H13N2O3S/c1-11(15-12-7-9-14-10-8-12)18-19(16,17)13-5-3-2-4-6-13/h2-11H,1H2,(H,14,15). The SMILES string of the molecule is [CH2]C(Nc1ccncc1)OS(=O)(=O)c1ccccc1. The molecule has 1 unspecified atom stereocenters. The van der Waals surface area contributed by atoms with Gasteiger partial charge < -0.3 is 5.32 Å². The van der Waals surface area contributed by atoms with Crippen LogP contribution in [0.25, 0.3) is 0 Å². The summed E-state index contributed by atoms with van der Waals surface area (Å²) in [5.74, 6) is 0. The van der Waals surface area contributed by atoms with E-state index in [0.29, 0.717) is 5.69 Å². The van der Waals surface area contributed by atoms with Crippen LogP contribution in [0.2, 0.25) is 0 Å². The van der Waals surface area contributed by atoms with Crippen LogP contribution < -0.4 is 5.32 Å². The molecule has 99 valence electrons. The quantitative estimate of drug-likeness (QED) is 0.669. The molecule has 0 amide bonds. The summed E-state index contributed by atoms with van der Waals surface area (Å²) in [5.41, 5.74) is 0.679. The zero-order valence-electron chi connectivity index (χ0n) is 10.1. The van der Waals surface area contributed by atoms with Gasteiger partial charge >= 0.3 is 0 Å². The summed E-state index contributed by atoms with van der Waals surface area (Å²) in [6.07, 6.45) is 2.24. The number of nitrogens with one attached hydrogen (secondary N) is 1. The number of aromatic nitrogens is 1. The Morgan fingerprint density at radius 2 is 1.74 bits per heavy atom. The van der Waals surface area contributed by atoms with Crippen LogP contribution >= 0.6 is 0 Å². The average molecular weight is 277 g/mol. The number of pyridine rings is 1. The lowest BCUT2D eigenvalue weighted by molar-refractivity contribution is 0.280. The van der Waals surface area contributed by atoms with Gasteiger partial charge in [-0.3, -0.25) is 4.98 Å². The largest absolute Gasteiger partial charge is 0.359 e. The average Bonchev–Trinajstić information content (AvgIpc) is 2.40. The fourth-order valence-corrected chi connectivity index (χ4v) is 2.41. The molecule has 1 radical (unpaired) electrons. The van der Waals surface area contributed by atoms with Gasteiger partial charge in [0.2, 0.25) is 0 Å². The molecule has 0 aliphatic heterocycles. The van der Waals surface area contributed by atoms with Gasteiger partial charge in [-0.05, 0) is 31.2 Å². The molecule has 0 bridgehead atoms. The van der Waals surface area contributed by atoms with Crippen molar-refractivity contribution in [1.82, 2.24) is 4.98 Å². The second kappa shape index (κ2) is 5.81. The third-order valence-electron chi connectivity index (χ3n) is 2.28. The van der Waals surface area contributed by atoms with Crippen LogP contribution in [0.3, 0.4) is 0 Å². The lowest BCUT2D eigenvalue weighted by Gasteiger charge is -2.15. The molecule has 1 aromatic heterocycles. The van der Waals surface area contributed by atoms with E-state index in [9.17, 15) is 8.42 Å².